The van der Waals surface area contributed by atoms with E-state index in [0.29, 0.717) is 12.2 Å². The number of esters is 1. The number of thioether (sulfide) groups is 1. The van der Waals surface area contributed by atoms with Gasteiger partial charge in [0.05, 0.1) is 13.2 Å². The van der Waals surface area contributed by atoms with E-state index in [1.165, 1.54) is 18.7 Å². The zero-order valence-electron chi connectivity index (χ0n) is 15.6. The Bertz CT molecular complexity index is 611. The molecule has 1 aromatic rings. The molecule has 0 aromatic heterocycles. The standard InChI is InChI=1S/C18H26N2O6S/c1-12(21)15(17(23)25-2)20-16(22)14(9-10-27-3)19-18(24)26-11-13-7-5-4-6-8-13/h4-8,12,14-15,21H,9-11H2,1-3H3,(H,19,24)(H,20,22)/t12?,14?,15-/m0/s1. The summed E-state index contributed by atoms with van der Waals surface area (Å²) >= 11 is 1.51. The molecule has 2 unspecified atom stereocenters. The van der Waals surface area contributed by atoms with E-state index < -0.39 is 36.2 Å². The Kier molecular flexibility index (Phi) is 10.3. The lowest BCUT2D eigenvalue weighted by atomic mass is 10.1. The first-order chi connectivity index (χ1) is 12.9. The van der Waals surface area contributed by atoms with Crippen LogP contribution in [0.1, 0.15) is 18.9 Å². The molecule has 27 heavy (non-hydrogen) atoms. The zero-order chi connectivity index (χ0) is 20.2. The van der Waals surface area contributed by atoms with Crippen molar-refractivity contribution in [3.63, 3.8) is 0 Å². The highest BCUT2D eigenvalue weighted by atomic mass is 32.2. The van der Waals surface area contributed by atoms with Gasteiger partial charge in [0.15, 0.2) is 6.04 Å². The highest BCUT2D eigenvalue weighted by Gasteiger charge is 2.30. The van der Waals surface area contributed by atoms with Crippen molar-refractivity contribution in [2.75, 3.05) is 19.1 Å². The Balaban J connectivity index is 2.68. The highest BCUT2D eigenvalue weighted by Crippen LogP contribution is 2.05. The SMILES string of the molecule is COC(=O)[C@@H](NC(=O)C(CCSC)NC(=O)OCc1ccccc1)C(C)O. The van der Waals surface area contributed by atoms with Crippen molar-refractivity contribution in [1.82, 2.24) is 10.6 Å². The molecule has 150 valence electrons. The Hall–Kier alpha value is -2.26. The van der Waals surface area contributed by atoms with Crippen molar-refractivity contribution in [2.24, 2.45) is 0 Å². The number of methoxy groups -OCH3 is 1. The van der Waals surface area contributed by atoms with Gasteiger partial charge in [-0.3, -0.25) is 4.79 Å². The number of benzene rings is 1. The smallest absolute Gasteiger partial charge is 0.408 e. The minimum atomic E-state index is -1.22. The van der Waals surface area contributed by atoms with E-state index in [4.69, 9.17) is 4.74 Å². The number of hydrogen-bond acceptors (Lipinski definition) is 7. The molecule has 2 amide bonds. The summed E-state index contributed by atoms with van der Waals surface area (Å²) < 4.78 is 9.71. The summed E-state index contributed by atoms with van der Waals surface area (Å²) in [7, 11) is 1.16. The largest absolute Gasteiger partial charge is 0.467 e. The second kappa shape index (κ2) is 12.2. The maximum Gasteiger partial charge on any atom is 0.408 e. The summed E-state index contributed by atoms with van der Waals surface area (Å²) in [5, 5.41) is 14.6. The molecule has 8 nitrogen and oxygen atoms in total. The van der Waals surface area contributed by atoms with Gasteiger partial charge in [0.25, 0.3) is 0 Å². The van der Waals surface area contributed by atoms with Gasteiger partial charge < -0.3 is 25.2 Å². The van der Waals surface area contributed by atoms with Crippen molar-refractivity contribution in [2.45, 2.75) is 38.1 Å². The number of carbonyl (C=O) groups is 3. The monoisotopic (exact) mass is 398 g/mol. The Morgan fingerprint density at radius 3 is 2.41 bits per heavy atom. The second-order valence-electron chi connectivity index (χ2n) is 5.79. The number of hydrogen-bond donors (Lipinski definition) is 3. The van der Waals surface area contributed by atoms with Gasteiger partial charge in [0, 0.05) is 0 Å². The van der Waals surface area contributed by atoms with Gasteiger partial charge in [-0.15, -0.1) is 0 Å². The molecular weight excluding hydrogens is 372 g/mol. The molecule has 9 heteroatoms. The number of aliphatic hydroxyl groups excluding tert-OH is 1. The highest BCUT2D eigenvalue weighted by molar-refractivity contribution is 7.98. The van der Waals surface area contributed by atoms with Crippen LogP contribution < -0.4 is 10.6 Å². The van der Waals surface area contributed by atoms with Crippen molar-refractivity contribution in [3.05, 3.63) is 35.9 Å². The van der Waals surface area contributed by atoms with Crippen molar-refractivity contribution < 1.29 is 29.0 Å². The number of alkyl carbamates (subject to hydrolysis) is 1. The normalized spacial score (nSPS) is 13.8. The third-order valence-corrected chi connectivity index (χ3v) is 4.31. The molecule has 1 rings (SSSR count). The number of aliphatic hydroxyl groups is 1. The van der Waals surface area contributed by atoms with Crippen LogP contribution in [0.3, 0.4) is 0 Å². The topological polar surface area (TPSA) is 114 Å². The van der Waals surface area contributed by atoms with Crippen LogP contribution in [0.25, 0.3) is 0 Å². The maximum absolute atomic E-state index is 12.5. The zero-order valence-corrected chi connectivity index (χ0v) is 16.5. The quantitative estimate of drug-likeness (QED) is 0.505. The van der Waals surface area contributed by atoms with E-state index in [0.717, 1.165) is 12.7 Å². The fourth-order valence-corrected chi connectivity index (χ4v) is 2.64. The molecule has 0 heterocycles. The summed E-state index contributed by atoms with van der Waals surface area (Å²) in [6.45, 7) is 1.43. The minimum absolute atomic E-state index is 0.0714. The third kappa shape index (κ3) is 8.31. The third-order valence-electron chi connectivity index (χ3n) is 3.67. The van der Waals surface area contributed by atoms with E-state index in [2.05, 4.69) is 15.4 Å². The van der Waals surface area contributed by atoms with Gasteiger partial charge in [0.2, 0.25) is 5.91 Å². The van der Waals surface area contributed by atoms with Crippen LogP contribution in [-0.2, 0) is 25.7 Å². The van der Waals surface area contributed by atoms with Crippen molar-refractivity contribution in [3.8, 4) is 0 Å². The lowest BCUT2D eigenvalue weighted by molar-refractivity contribution is -0.148. The maximum atomic E-state index is 12.5. The average molecular weight is 398 g/mol. The summed E-state index contributed by atoms with van der Waals surface area (Å²) in [6.07, 6.45) is 0.316. The molecule has 0 saturated heterocycles. The fraction of sp³-hybridized carbons (Fsp3) is 0.500. The lowest BCUT2D eigenvalue weighted by Crippen LogP contribution is -2.55. The molecule has 0 aliphatic heterocycles. The summed E-state index contributed by atoms with van der Waals surface area (Å²) in [4.78, 5) is 36.2. The molecule has 0 aliphatic carbocycles. The molecule has 0 aliphatic rings. The van der Waals surface area contributed by atoms with E-state index in [1.807, 2.05) is 36.6 Å². The number of rotatable bonds is 10. The first-order valence-corrected chi connectivity index (χ1v) is 9.80. The Morgan fingerprint density at radius 1 is 1.19 bits per heavy atom. The Morgan fingerprint density at radius 2 is 1.85 bits per heavy atom. The molecule has 0 bridgehead atoms. The summed E-state index contributed by atoms with van der Waals surface area (Å²) in [5.41, 5.74) is 0.817. The number of nitrogens with one attached hydrogen (secondary N) is 2. The number of amides is 2. The van der Waals surface area contributed by atoms with Gasteiger partial charge >= 0.3 is 12.1 Å². The number of carbonyl (C=O) groups excluding carboxylic acids is 3. The molecule has 0 radical (unpaired) electrons. The van der Waals surface area contributed by atoms with Crippen LogP contribution >= 0.6 is 11.8 Å². The molecule has 0 saturated carbocycles. The van der Waals surface area contributed by atoms with Crippen LogP contribution in [0.4, 0.5) is 4.79 Å². The molecule has 0 spiro atoms. The van der Waals surface area contributed by atoms with Crippen LogP contribution in [0.2, 0.25) is 0 Å². The molecule has 0 fully saturated rings. The second-order valence-corrected chi connectivity index (χ2v) is 6.78. The average Bonchev–Trinajstić information content (AvgIpc) is 2.67. The van der Waals surface area contributed by atoms with Gasteiger partial charge in [-0.05, 0) is 30.9 Å². The van der Waals surface area contributed by atoms with Crippen molar-refractivity contribution >= 4 is 29.7 Å². The van der Waals surface area contributed by atoms with Gasteiger partial charge in [-0.2, -0.15) is 11.8 Å². The van der Waals surface area contributed by atoms with E-state index in [1.54, 1.807) is 0 Å². The van der Waals surface area contributed by atoms with Crippen LogP contribution in [0.5, 0.6) is 0 Å². The molecular formula is C18H26N2O6S. The molecule has 3 N–H and O–H groups in total. The fourth-order valence-electron chi connectivity index (χ4n) is 2.17. The van der Waals surface area contributed by atoms with E-state index in [-0.39, 0.29) is 6.61 Å². The summed E-state index contributed by atoms with van der Waals surface area (Å²) in [5.74, 6) is -0.764. The predicted octanol–water partition coefficient (Wildman–Crippen LogP) is 1.07. The van der Waals surface area contributed by atoms with Crippen LogP contribution in [-0.4, -0.2) is 60.4 Å². The van der Waals surface area contributed by atoms with Crippen LogP contribution in [0.15, 0.2) is 30.3 Å². The van der Waals surface area contributed by atoms with Gasteiger partial charge in [-0.25, -0.2) is 9.59 Å². The lowest BCUT2D eigenvalue weighted by Gasteiger charge is -2.23. The van der Waals surface area contributed by atoms with E-state index in [9.17, 15) is 19.5 Å². The van der Waals surface area contributed by atoms with Gasteiger partial charge in [0.1, 0.15) is 12.6 Å². The Labute approximate surface area is 163 Å². The molecule has 3 atom stereocenters. The minimum Gasteiger partial charge on any atom is -0.467 e. The van der Waals surface area contributed by atoms with E-state index >= 15 is 0 Å². The first kappa shape index (κ1) is 22.8. The molecule has 1 aromatic carbocycles. The van der Waals surface area contributed by atoms with Crippen molar-refractivity contribution in [1.29, 1.82) is 0 Å². The number of ether oxygens (including phenoxy) is 2. The first-order valence-electron chi connectivity index (χ1n) is 8.41. The van der Waals surface area contributed by atoms with Gasteiger partial charge in [-0.1, -0.05) is 30.3 Å². The summed E-state index contributed by atoms with van der Waals surface area (Å²) in [6, 6.07) is 7.01. The van der Waals surface area contributed by atoms with Crippen LogP contribution in [0, 0.1) is 0 Å². The predicted molar refractivity (Wildman–Crippen MR) is 102 cm³/mol.